The predicted molar refractivity (Wildman–Crippen MR) is 102 cm³/mol. The quantitative estimate of drug-likeness (QED) is 0.373. The number of Topliss-reactive ketones (excluding diaryl/α,β-unsaturated/α-hetero) is 1. The van der Waals surface area contributed by atoms with Gasteiger partial charge in [0.05, 0.1) is 12.1 Å². The molecule has 1 aliphatic heterocycles. The van der Waals surface area contributed by atoms with Crippen LogP contribution in [-0.2, 0) is 14.4 Å². The minimum atomic E-state index is -1.79. The van der Waals surface area contributed by atoms with Crippen molar-refractivity contribution >= 4 is 17.6 Å². The fourth-order valence-corrected chi connectivity index (χ4v) is 3.24. The van der Waals surface area contributed by atoms with Crippen LogP contribution < -0.4 is 21.1 Å². The predicted octanol–water partition coefficient (Wildman–Crippen LogP) is 1.58. The fraction of sp³-hybridized carbons (Fsp3) is 0.550. The van der Waals surface area contributed by atoms with E-state index in [1.807, 2.05) is 13.8 Å². The number of ketones is 1. The van der Waals surface area contributed by atoms with Gasteiger partial charge in [-0.1, -0.05) is 13.8 Å². The second kappa shape index (κ2) is 10.6. The molecule has 11 heteroatoms. The molecule has 1 heterocycles. The first kappa shape index (κ1) is 24.6. The van der Waals surface area contributed by atoms with Gasteiger partial charge in [-0.15, -0.1) is 0 Å². The molecule has 1 aliphatic rings. The van der Waals surface area contributed by atoms with Crippen LogP contribution in [0.3, 0.4) is 0 Å². The van der Waals surface area contributed by atoms with Gasteiger partial charge in [-0.05, 0) is 25.2 Å². The van der Waals surface area contributed by atoms with Gasteiger partial charge in [0.2, 0.25) is 23.4 Å². The van der Waals surface area contributed by atoms with Gasteiger partial charge < -0.3 is 21.1 Å². The van der Waals surface area contributed by atoms with Crippen molar-refractivity contribution in [3.05, 3.63) is 29.3 Å². The van der Waals surface area contributed by atoms with Gasteiger partial charge in [-0.3, -0.25) is 14.4 Å². The lowest BCUT2D eigenvalue weighted by Crippen LogP contribution is -2.50. The molecule has 0 spiro atoms. The Morgan fingerprint density at radius 2 is 1.84 bits per heavy atom. The van der Waals surface area contributed by atoms with Gasteiger partial charge in [-0.2, -0.15) is 8.78 Å². The number of ether oxygens (including phenoxy) is 1. The van der Waals surface area contributed by atoms with Crippen LogP contribution in [0.4, 0.5) is 17.6 Å². The van der Waals surface area contributed by atoms with Crippen LogP contribution in [0.1, 0.15) is 33.1 Å². The SMILES string of the molecule is CC(C)CC(N)C(=O)NC(CC1CCNC1=O)C(=O)COc1c(F)c(F)cc(F)c1F. The highest BCUT2D eigenvalue weighted by atomic mass is 19.2. The summed E-state index contributed by atoms with van der Waals surface area (Å²) in [5.41, 5.74) is 5.82. The number of benzene rings is 1. The third kappa shape index (κ3) is 6.39. The summed E-state index contributed by atoms with van der Waals surface area (Å²) in [5.74, 6) is -10.6. The Balaban J connectivity index is 2.14. The van der Waals surface area contributed by atoms with Crippen LogP contribution in [0, 0.1) is 35.1 Å². The third-order valence-corrected chi connectivity index (χ3v) is 4.88. The maximum Gasteiger partial charge on any atom is 0.237 e. The molecule has 0 aromatic heterocycles. The van der Waals surface area contributed by atoms with Crippen LogP contribution in [0.25, 0.3) is 0 Å². The summed E-state index contributed by atoms with van der Waals surface area (Å²) in [6.07, 6.45) is 0.679. The van der Waals surface area contributed by atoms with E-state index in [4.69, 9.17) is 10.5 Å². The van der Waals surface area contributed by atoms with E-state index in [2.05, 4.69) is 10.6 Å². The molecule has 31 heavy (non-hydrogen) atoms. The van der Waals surface area contributed by atoms with E-state index < -0.39 is 65.3 Å². The zero-order chi connectivity index (χ0) is 23.3. The molecule has 1 fully saturated rings. The van der Waals surface area contributed by atoms with Crippen LogP contribution in [0.15, 0.2) is 6.07 Å². The Bertz CT molecular complexity index is 824. The second-order valence-electron chi connectivity index (χ2n) is 7.86. The molecule has 2 rings (SSSR count). The normalized spacial score (nSPS) is 17.9. The Kier molecular flexibility index (Phi) is 8.37. The number of amides is 2. The summed E-state index contributed by atoms with van der Waals surface area (Å²) < 4.78 is 58.9. The van der Waals surface area contributed by atoms with Crippen LogP contribution >= 0.6 is 0 Å². The molecular weight excluding hydrogens is 422 g/mol. The number of carbonyl (C=O) groups excluding carboxylic acids is 3. The maximum absolute atomic E-state index is 13.8. The third-order valence-electron chi connectivity index (χ3n) is 4.88. The van der Waals surface area contributed by atoms with Gasteiger partial charge in [-0.25, -0.2) is 8.78 Å². The number of halogens is 4. The van der Waals surface area contributed by atoms with E-state index in [-0.39, 0.29) is 24.3 Å². The van der Waals surface area contributed by atoms with Gasteiger partial charge in [0.25, 0.3) is 0 Å². The monoisotopic (exact) mass is 447 g/mol. The van der Waals surface area contributed by atoms with Crippen molar-refractivity contribution in [3.8, 4) is 5.75 Å². The largest absolute Gasteiger partial charge is 0.479 e. The lowest BCUT2D eigenvalue weighted by molar-refractivity contribution is -0.131. The van der Waals surface area contributed by atoms with Gasteiger partial charge in [0.1, 0.15) is 6.61 Å². The number of rotatable bonds is 10. The summed E-state index contributed by atoms with van der Waals surface area (Å²) in [7, 11) is 0. The van der Waals surface area contributed by atoms with E-state index in [9.17, 15) is 31.9 Å². The Morgan fingerprint density at radius 3 is 2.35 bits per heavy atom. The molecule has 172 valence electrons. The Morgan fingerprint density at radius 1 is 1.23 bits per heavy atom. The molecule has 1 saturated heterocycles. The van der Waals surface area contributed by atoms with E-state index >= 15 is 0 Å². The highest BCUT2D eigenvalue weighted by Crippen LogP contribution is 2.26. The van der Waals surface area contributed by atoms with Crippen molar-refractivity contribution in [1.82, 2.24) is 10.6 Å². The average Bonchev–Trinajstić information content (AvgIpc) is 3.09. The summed E-state index contributed by atoms with van der Waals surface area (Å²) in [6, 6.07) is -2.15. The molecule has 7 nitrogen and oxygen atoms in total. The van der Waals surface area contributed by atoms with Crippen molar-refractivity contribution in [2.24, 2.45) is 17.6 Å². The van der Waals surface area contributed by atoms with Crippen LogP contribution in [0.5, 0.6) is 5.75 Å². The van der Waals surface area contributed by atoms with Gasteiger partial charge in [0.15, 0.2) is 23.2 Å². The molecule has 2 amide bonds. The average molecular weight is 447 g/mol. The molecule has 4 N–H and O–H groups in total. The molecular formula is C20H25F4N3O4. The highest BCUT2D eigenvalue weighted by molar-refractivity contribution is 5.92. The fourth-order valence-electron chi connectivity index (χ4n) is 3.24. The molecule has 3 unspecified atom stereocenters. The van der Waals surface area contributed by atoms with Crippen molar-refractivity contribution in [3.63, 3.8) is 0 Å². The number of nitrogens with one attached hydrogen (secondary N) is 2. The van der Waals surface area contributed by atoms with Crippen molar-refractivity contribution < 1.29 is 36.7 Å². The zero-order valence-electron chi connectivity index (χ0n) is 17.1. The van der Waals surface area contributed by atoms with E-state index in [1.54, 1.807) is 0 Å². The summed E-state index contributed by atoms with van der Waals surface area (Å²) >= 11 is 0. The topological polar surface area (TPSA) is 111 Å². The highest BCUT2D eigenvalue weighted by Gasteiger charge is 2.33. The van der Waals surface area contributed by atoms with Gasteiger partial charge >= 0.3 is 0 Å². The summed E-state index contributed by atoms with van der Waals surface area (Å²) in [6.45, 7) is 3.12. The lowest BCUT2D eigenvalue weighted by Gasteiger charge is -2.23. The first-order valence-electron chi connectivity index (χ1n) is 9.83. The molecule has 0 aliphatic carbocycles. The molecule has 1 aromatic carbocycles. The summed E-state index contributed by atoms with van der Waals surface area (Å²) in [4.78, 5) is 36.9. The van der Waals surface area contributed by atoms with Crippen molar-refractivity contribution in [1.29, 1.82) is 0 Å². The maximum atomic E-state index is 13.8. The van der Waals surface area contributed by atoms with Gasteiger partial charge in [0, 0.05) is 18.5 Å². The molecule has 0 saturated carbocycles. The second-order valence-corrected chi connectivity index (χ2v) is 7.86. The Hall–Kier alpha value is -2.69. The molecule has 3 atom stereocenters. The van der Waals surface area contributed by atoms with E-state index in [0.29, 0.717) is 19.4 Å². The number of nitrogens with two attached hydrogens (primary N) is 1. The smallest absolute Gasteiger partial charge is 0.237 e. The first-order chi connectivity index (χ1) is 14.5. The number of hydrogen-bond donors (Lipinski definition) is 3. The molecule has 0 radical (unpaired) electrons. The van der Waals surface area contributed by atoms with E-state index in [0.717, 1.165) is 0 Å². The summed E-state index contributed by atoms with van der Waals surface area (Å²) in [5, 5.41) is 5.05. The molecule has 0 bridgehead atoms. The van der Waals surface area contributed by atoms with E-state index in [1.165, 1.54) is 0 Å². The molecule has 1 aromatic rings. The lowest BCUT2D eigenvalue weighted by atomic mass is 9.95. The van der Waals surface area contributed by atoms with Crippen molar-refractivity contribution in [2.75, 3.05) is 13.2 Å². The van der Waals surface area contributed by atoms with Crippen LogP contribution in [0.2, 0.25) is 0 Å². The number of hydrogen-bond acceptors (Lipinski definition) is 5. The minimum absolute atomic E-state index is 0.0111. The first-order valence-corrected chi connectivity index (χ1v) is 9.83. The number of carbonyl (C=O) groups is 3. The standard InChI is InChI=1S/C20H25F4N3O4/c1-9(2)5-13(25)20(30)27-14(6-10-3-4-26-19(10)29)15(28)8-31-18-16(23)11(21)7-12(22)17(18)24/h7,9-10,13-14H,3-6,8,25H2,1-2H3,(H,26,29)(H,27,30). The van der Waals surface area contributed by atoms with Crippen LogP contribution in [-0.4, -0.2) is 42.8 Å². The zero-order valence-corrected chi connectivity index (χ0v) is 17.1. The minimum Gasteiger partial charge on any atom is -0.479 e. The van der Waals surface area contributed by atoms with Crippen molar-refractivity contribution in [2.45, 2.75) is 45.2 Å². The Labute approximate surface area is 176 Å².